The van der Waals surface area contributed by atoms with Gasteiger partial charge < -0.3 is 9.73 Å². The van der Waals surface area contributed by atoms with Gasteiger partial charge in [0.15, 0.2) is 0 Å². The lowest BCUT2D eigenvalue weighted by Gasteiger charge is -2.15. The molecule has 5 nitrogen and oxygen atoms in total. The molecule has 3 aromatic rings. The summed E-state index contributed by atoms with van der Waals surface area (Å²) in [7, 11) is 0. The van der Waals surface area contributed by atoms with E-state index in [1.165, 1.54) is 11.8 Å². The van der Waals surface area contributed by atoms with Gasteiger partial charge >= 0.3 is 0 Å². The molecule has 1 aliphatic carbocycles. The molecule has 0 saturated heterocycles. The fourth-order valence-corrected chi connectivity index (χ4v) is 3.49. The van der Waals surface area contributed by atoms with Crippen LogP contribution in [0.15, 0.2) is 64.2 Å². The van der Waals surface area contributed by atoms with Gasteiger partial charge in [-0.2, -0.15) is 0 Å². The second kappa shape index (κ2) is 7.33. The van der Waals surface area contributed by atoms with Gasteiger partial charge in [-0.25, -0.2) is 0 Å². The minimum atomic E-state index is -0.468. The monoisotopic (exact) mass is 365 g/mol. The summed E-state index contributed by atoms with van der Waals surface area (Å²) in [6, 6.07) is 17.4. The first kappa shape index (κ1) is 16.8. The highest BCUT2D eigenvalue weighted by molar-refractivity contribution is 8.00. The third-order valence-corrected chi connectivity index (χ3v) is 5.32. The molecule has 0 radical (unpaired) electrons. The number of benzene rings is 2. The molecule has 0 aliphatic heterocycles. The first-order valence-corrected chi connectivity index (χ1v) is 9.49. The number of aryl methyl sites for hydroxylation is 1. The van der Waals surface area contributed by atoms with Gasteiger partial charge in [0.1, 0.15) is 5.25 Å². The SMILES string of the molecule is Cc1ccc(NC(=O)[C@@H](Sc2nnc(C3CC3)o2)c2ccccc2)cc1. The lowest BCUT2D eigenvalue weighted by atomic mass is 10.1. The van der Waals surface area contributed by atoms with Gasteiger partial charge in [0.2, 0.25) is 11.8 Å². The van der Waals surface area contributed by atoms with Crippen LogP contribution >= 0.6 is 11.8 Å². The van der Waals surface area contributed by atoms with Crippen LogP contribution in [0.2, 0.25) is 0 Å². The van der Waals surface area contributed by atoms with E-state index in [0.29, 0.717) is 17.0 Å². The van der Waals surface area contributed by atoms with Crippen molar-refractivity contribution in [2.24, 2.45) is 0 Å². The van der Waals surface area contributed by atoms with Crippen LogP contribution in [-0.4, -0.2) is 16.1 Å². The lowest BCUT2D eigenvalue weighted by molar-refractivity contribution is -0.115. The predicted octanol–water partition coefficient (Wildman–Crippen LogP) is 4.73. The minimum Gasteiger partial charge on any atom is -0.416 e. The highest BCUT2D eigenvalue weighted by Crippen LogP contribution is 2.42. The van der Waals surface area contributed by atoms with Gasteiger partial charge in [-0.1, -0.05) is 48.0 Å². The molecule has 1 N–H and O–H groups in total. The fourth-order valence-electron chi connectivity index (χ4n) is 2.61. The van der Waals surface area contributed by atoms with E-state index in [-0.39, 0.29) is 5.91 Å². The van der Waals surface area contributed by atoms with Gasteiger partial charge in [-0.15, -0.1) is 10.2 Å². The Morgan fingerprint density at radius 2 is 1.85 bits per heavy atom. The molecule has 26 heavy (non-hydrogen) atoms. The van der Waals surface area contributed by atoms with Crippen molar-refractivity contribution >= 4 is 23.4 Å². The molecule has 0 bridgehead atoms. The summed E-state index contributed by atoms with van der Waals surface area (Å²) < 4.78 is 5.74. The van der Waals surface area contributed by atoms with Gasteiger partial charge in [-0.05, 0) is 49.2 Å². The van der Waals surface area contributed by atoms with Crippen molar-refractivity contribution in [3.05, 3.63) is 71.6 Å². The summed E-state index contributed by atoms with van der Waals surface area (Å²) >= 11 is 1.29. The van der Waals surface area contributed by atoms with Gasteiger partial charge in [0.25, 0.3) is 5.22 Å². The molecule has 4 rings (SSSR count). The van der Waals surface area contributed by atoms with Gasteiger partial charge in [-0.3, -0.25) is 4.79 Å². The normalized spacial score (nSPS) is 14.8. The molecule has 0 spiro atoms. The molecule has 1 heterocycles. The van der Waals surface area contributed by atoms with E-state index < -0.39 is 5.25 Å². The van der Waals surface area contributed by atoms with E-state index >= 15 is 0 Å². The Bertz CT molecular complexity index is 889. The number of amides is 1. The van der Waals surface area contributed by atoms with Crippen molar-refractivity contribution < 1.29 is 9.21 Å². The zero-order valence-corrected chi connectivity index (χ0v) is 15.2. The maximum atomic E-state index is 12.9. The lowest BCUT2D eigenvalue weighted by Crippen LogP contribution is -2.19. The number of rotatable bonds is 6. The van der Waals surface area contributed by atoms with E-state index in [4.69, 9.17) is 4.42 Å². The second-order valence-electron chi connectivity index (χ2n) is 6.44. The molecule has 1 saturated carbocycles. The number of hydrogen-bond donors (Lipinski definition) is 1. The molecular weight excluding hydrogens is 346 g/mol. The summed E-state index contributed by atoms with van der Waals surface area (Å²) in [5.41, 5.74) is 2.81. The fraction of sp³-hybridized carbons (Fsp3) is 0.250. The molecule has 132 valence electrons. The first-order chi connectivity index (χ1) is 12.7. The topological polar surface area (TPSA) is 68.0 Å². The van der Waals surface area contributed by atoms with Crippen molar-refractivity contribution in [2.45, 2.75) is 36.2 Å². The Morgan fingerprint density at radius 1 is 1.12 bits per heavy atom. The van der Waals surface area contributed by atoms with Crippen molar-refractivity contribution in [3.63, 3.8) is 0 Å². The molecule has 1 aliphatic rings. The maximum Gasteiger partial charge on any atom is 0.277 e. The molecule has 1 aromatic heterocycles. The van der Waals surface area contributed by atoms with Crippen LogP contribution in [0.5, 0.6) is 0 Å². The highest BCUT2D eigenvalue weighted by Gasteiger charge is 2.31. The number of nitrogens with zero attached hydrogens (tertiary/aromatic N) is 2. The summed E-state index contributed by atoms with van der Waals surface area (Å²) in [5, 5.41) is 11.2. The Labute approximate surface area is 156 Å². The van der Waals surface area contributed by atoms with Crippen LogP contribution < -0.4 is 5.32 Å². The predicted molar refractivity (Wildman–Crippen MR) is 101 cm³/mol. The molecule has 1 amide bonds. The van der Waals surface area contributed by atoms with E-state index in [1.807, 2.05) is 61.5 Å². The molecule has 0 unspecified atom stereocenters. The summed E-state index contributed by atoms with van der Waals surface area (Å²) in [6.07, 6.45) is 2.20. The van der Waals surface area contributed by atoms with Crippen molar-refractivity contribution in [1.82, 2.24) is 10.2 Å². The zero-order chi connectivity index (χ0) is 17.9. The third-order valence-electron chi connectivity index (χ3n) is 4.23. The Balaban J connectivity index is 1.55. The first-order valence-electron chi connectivity index (χ1n) is 8.61. The van der Waals surface area contributed by atoms with Crippen LogP contribution in [0.4, 0.5) is 5.69 Å². The van der Waals surface area contributed by atoms with E-state index in [9.17, 15) is 4.79 Å². The zero-order valence-electron chi connectivity index (χ0n) is 14.4. The Kier molecular flexibility index (Phi) is 4.75. The average Bonchev–Trinajstić information content (AvgIpc) is 3.41. The standard InChI is InChI=1S/C20H19N3O2S/c1-13-7-11-16(12-8-13)21-18(24)17(14-5-3-2-4-6-14)26-20-23-22-19(25-20)15-9-10-15/h2-8,11-12,15,17H,9-10H2,1H3,(H,21,24)/t17-/m0/s1. The minimum absolute atomic E-state index is 0.115. The van der Waals surface area contributed by atoms with Gasteiger partial charge in [0, 0.05) is 11.6 Å². The molecular formula is C20H19N3O2S. The van der Waals surface area contributed by atoms with Crippen molar-refractivity contribution in [3.8, 4) is 0 Å². The van der Waals surface area contributed by atoms with E-state index in [2.05, 4.69) is 15.5 Å². The number of hydrogen-bond acceptors (Lipinski definition) is 5. The van der Waals surface area contributed by atoms with E-state index in [1.54, 1.807) is 0 Å². The Hall–Kier alpha value is -2.60. The van der Waals surface area contributed by atoms with Crippen molar-refractivity contribution in [1.29, 1.82) is 0 Å². The molecule has 2 aromatic carbocycles. The van der Waals surface area contributed by atoms with Crippen molar-refractivity contribution in [2.75, 3.05) is 5.32 Å². The smallest absolute Gasteiger partial charge is 0.277 e. The largest absolute Gasteiger partial charge is 0.416 e. The number of aromatic nitrogens is 2. The van der Waals surface area contributed by atoms with Gasteiger partial charge in [0.05, 0.1) is 0 Å². The quantitative estimate of drug-likeness (QED) is 0.640. The van der Waals surface area contributed by atoms with Crippen LogP contribution in [0, 0.1) is 6.92 Å². The Morgan fingerprint density at radius 3 is 2.54 bits per heavy atom. The third kappa shape index (κ3) is 3.96. The molecule has 6 heteroatoms. The molecule has 1 fully saturated rings. The molecule has 1 atom stereocenters. The van der Waals surface area contributed by atoms with Crippen LogP contribution in [0.3, 0.4) is 0 Å². The van der Waals surface area contributed by atoms with Crippen LogP contribution in [0.1, 0.15) is 41.0 Å². The number of anilines is 1. The summed E-state index contributed by atoms with van der Waals surface area (Å²) in [6.45, 7) is 2.02. The van der Waals surface area contributed by atoms with Crippen LogP contribution in [0.25, 0.3) is 0 Å². The second-order valence-corrected chi connectivity index (χ2v) is 7.50. The van der Waals surface area contributed by atoms with Crippen LogP contribution in [-0.2, 0) is 4.79 Å². The number of carbonyl (C=O) groups excluding carboxylic acids is 1. The highest BCUT2D eigenvalue weighted by atomic mass is 32.2. The number of nitrogens with one attached hydrogen (secondary N) is 1. The maximum absolute atomic E-state index is 12.9. The summed E-state index contributed by atoms with van der Waals surface area (Å²) in [4.78, 5) is 12.9. The number of thioether (sulfide) groups is 1. The number of carbonyl (C=O) groups is 1. The summed E-state index contributed by atoms with van der Waals surface area (Å²) in [5.74, 6) is 0.961. The van der Waals surface area contributed by atoms with E-state index in [0.717, 1.165) is 29.7 Å². The average molecular weight is 365 g/mol.